The van der Waals surface area contributed by atoms with E-state index < -0.39 is 40.7 Å². The number of ether oxygens (including phenoxy) is 1. The van der Waals surface area contributed by atoms with Gasteiger partial charge in [0.1, 0.15) is 29.5 Å². The number of carboxylic acid groups (broad SMARTS) is 1. The van der Waals surface area contributed by atoms with Gasteiger partial charge in [-0.25, -0.2) is 9.78 Å². The van der Waals surface area contributed by atoms with Gasteiger partial charge in [-0.1, -0.05) is 5.92 Å². The van der Waals surface area contributed by atoms with Gasteiger partial charge in [0, 0.05) is 36.6 Å². The number of aryl methyl sites for hydroxylation is 1. The molecule has 2 aliphatic heterocycles. The van der Waals surface area contributed by atoms with Gasteiger partial charge in [0.05, 0.1) is 0 Å². The fourth-order valence-electron chi connectivity index (χ4n) is 3.31. The van der Waals surface area contributed by atoms with Gasteiger partial charge < -0.3 is 25.9 Å². The van der Waals surface area contributed by atoms with E-state index in [0.29, 0.717) is 17.1 Å². The molecule has 0 aromatic carbocycles. The third kappa shape index (κ3) is 4.28. The number of aliphatic carboxylic acids is 1. The molecule has 3 heterocycles. The van der Waals surface area contributed by atoms with E-state index in [1.807, 2.05) is 0 Å². The number of fused-ring (bicyclic) bond motifs is 1. The molecule has 3 rings (SSSR count). The average molecular weight is 447 g/mol. The highest BCUT2D eigenvalue weighted by molar-refractivity contribution is 8.00. The lowest BCUT2D eigenvalue weighted by atomic mass is 9.93. The van der Waals surface area contributed by atoms with Gasteiger partial charge in [-0.15, -0.1) is 18.2 Å². The van der Waals surface area contributed by atoms with Crippen molar-refractivity contribution in [3.8, 4) is 12.3 Å². The minimum atomic E-state index is -1.73. The Balaban J connectivity index is 1.74. The van der Waals surface area contributed by atoms with E-state index >= 15 is 0 Å². The van der Waals surface area contributed by atoms with Crippen LogP contribution in [0.1, 0.15) is 18.4 Å². The Kier molecular flexibility index (Phi) is 6.10. The Morgan fingerprint density at radius 1 is 1.55 bits per heavy atom. The molecule has 0 radical (unpaired) electrons. The van der Waals surface area contributed by atoms with E-state index in [9.17, 15) is 24.3 Å². The maximum absolute atomic E-state index is 12.8. The van der Waals surface area contributed by atoms with Crippen LogP contribution in [0.15, 0.2) is 17.5 Å². The highest BCUT2D eigenvalue weighted by atomic mass is 32.2. The second-order valence-corrected chi connectivity index (χ2v) is 8.29. The van der Waals surface area contributed by atoms with Gasteiger partial charge in [0.25, 0.3) is 11.8 Å². The predicted octanol–water partition coefficient (Wildman–Crippen LogP) is -1.11. The molecule has 11 nitrogen and oxygen atoms in total. The van der Waals surface area contributed by atoms with Crippen LogP contribution in [-0.4, -0.2) is 73.0 Å². The van der Waals surface area contributed by atoms with Crippen LogP contribution in [-0.2, 0) is 30.3 Å². The van der Waals surface area contributed by atoms with Crippen LogP contribution in [0.4, 0.5) is 0 Å². The number of nitrogens with zero attached hydrogens (tertiary/aromatic N) is 2. The van der Waals surface area contributed by atoms with Crippen molar-refractivity contribution < 1.29 is 29.0 Å². The van der Waals surface area contributed by atoms with Crippen LogP contribution in [0, 0.1) is 19.3 Å². The predicted molar refractivity (Wildman–Crippen MR) is 109 cm³/mol. The normalized spacial score (nSPS) is 22.0. The Labute approximate surface area is 181 Å². The van der Waals surface area contributed by atoms with E-state index in [-0.39, 0.29) is 24.5 Å². The molecular formula is C19H21N5O6S. The Bertz CT molecular complexity index is 1030. The van der Waals surface area contributed by atoms with Gasteiger partial charge in [0.2, 0.25) is 0 Å². The summed E-state index contributed by atoms with van der Waals surface area (Å²) >= 11 is 1.24. The largest absolute Gasteiger partial charge is 0.477 e. The molecule has 1 aromatic rings. The number of thioether (sulfide) groups is 1. The first-order valence-electron chi connectivity index (χ1n) is 9.19. The average Bonchev–Trinajstić information content (AvgIpc) is 3.13. The van der Waals surface area contributed by atoms with E-state index in [1.54, 1.807) is 6.92 Å². The second kappa shape index (κ2) is 8.44. The highest BCUT2D eigenvalue weighted by Crippen LogP contribution is 2.40. The monoisotopic (exact) mass is 447 g/mol. The van der Waals surface area contributed by atoms with E-state index in [4.69, 9.17) is 16.9 Å². The van der Waals surface area contributed by atoms with Crippen molar-refractivity contribution in [3.63, 3.8) is 0 Å². The number of amides is 2. The zero-order valence-electron chi connectivity index (χ0n) is 16.8. The number of nitrogens with two attached hydrogens (primary N) is 1. The molecule has 31 heavy (non-hydrogen) atoms. The molecule has 5 N–H and O–H groups in total. The van der Waals surface area contributed by atoms with Crippen molar-refractivity contribution in [3.05, 3.63) is 29.0 Å². The van der Waals surface area contributed by atoms with Crippen LogP contribution in [0.5, 0.6) is 0 Å². The molecular weight excluding hydrogens is 426 g/mol. The molecule has 2 aliphatic rings. The summed E-state index contributed by atoms with van der Waals surface area (Å²) in [5.41, 5.74) is 4.99. The summed E-state index contributed by atoms with van der Waals surface area (Å²) in [6.45, 7) is 2.71. The number of carbonyl (C=O) groups excluding carboxylic acids is 3. The Hall–Kier alpha value is -3.30. The number of hydrogen-bond acceptors (Lipinski definition) is 8. The SMILES string of the molecule is C#CC(N)(Cc1cnc(C)[nH]1)C(=O)NC1C(=O)N2C(C(=O)O)=C(COC(C)=O)CSC12. The number of carboxylic acids is 1. The maximum atomic E-state index is 12.8. The summed E-state index contributed by atoms with van der Waals surface area (Å²) in [6.07, 6.45) is 7.00. The number of esters is 1. The van der Waals surface area contributed by atoms with Gasteiger partial charge in [-0.2, -0.15) is 0 Å². The number of hydrogen-bond donors (Lipinski definition) is 4. The van der Waals surface area contributed by atoms with Crippen LogP contribution < -0.4 is 11.1 Å². The lowest BCUT2D eigenvalue weighted by molar-refractivity contribution is -0.151. The number of imidazole rings is 1. The van der Waals surface area contributed by atoms with Crippen molar-refractivity contribution in [2.24, 2.45) is 5.73 Å². The number of H-pyrrole nitrogens is 1. The van der Waals surface area contributed by atoms with Gasteiger partial charge in [-0.05, 0) is 6.92 Å². The summed E-state index contributed by atoms with van der Waals surface area (Å²) in [7, 11) is 0. The minimum absolute atomic E-state index is 0.0224. The third-order valence-electron chi connectivity index (χ3n) is 4.87. The second-order valence-electron chi connectivity index (χ2n) is 7.18. The lowest BCUT2D eigenvalue weighted by Gasteiger charge is -2.49. The number of carbonyl (C=O) groups is 4. The van der Waals surface area contributed by atoms with Gasteiger partial charge in [0.15, 0.2) is 5.54 Å². The maximum Gasteiger partial charge on any atom is 0.352 e. The van der Waals surface area contributed by atoms with E-state index in [1.165, 1.54) is 24.9 Å². The van der Waals surface area contributed by atoms with Crippen molar-refractivity contribution in [1.29, 1.82) is 0 Å². The van der Waals surface area contributed by atoms with Gasteiger partial charge in [-0.3, -0.25) is 19.3 Å². The van der Waals surface area contributed by atoms with Gasteiger partial charge >= 0.3 is 11.9 Å². The molecule has 0 bridgehead atoms. The molecule has 1 aromatic heterocycles. The summed E-state index contributed by atoms with van der Waals surface area (Å²) < 4.78 is 4.89. The zero-order chi connectivity index (χ0) is 22.9. The van der Waals surface area contributed by atoms with Crippen molar-refractivity contribution in [1.82, 2.24) is 20.2 Å². The fraction of sp³-hybridized carbons (Fsp3) is 0.421. The standard InChI is InChI=1S/C19H21N5O6S/c1-4-19(20,5-12-6-21-9(2)22-12)18(29)23-13-15(26)24-14(17(27)28)11(7-30-10(3)25)8-31-16(13)24/h1,6,13,16H,5,7-8,20H2,2-3H3,(H,21,22)(H,23,29)(H,27,28). The molecule has 3 unspecified atom stereocenters. The number of aromatic nitrogens is 2. The van der Waals surface area contributed by atoms with Crippen LogP contribution >= 0.6 is 11.8 Å². The molecule has 0 saturated carbocycles. The number of β-lactam (4-membered cyclic amide) rings is 1. The van der Waals surface area contributed by atoms with Crippen LogP contribution in [0.2, 0.25) is 0 Å². The summed E-state index contributed by atoms with van der Waals surface area (Å²) in [5, 5.41) is 11.5. The smallest absolute Gasteiger partial charge is 0.352 e. The summed E-state index contributed by atoms with van der Waals surface area (Å²) in [4.78, 5) is 56.4. The first-order chi connectivity index (χ1) is 14.6. The molecule has 1 saturated heterocycles. The molecule has 3 atom stereocenters. The van der Waals surface area contributed by atoms with Crippen molar-refractivity contribution in [2.45, 2.75) is 37.2 Å². The first-order valence-corrected chi connectivity index (χ1v) is 10.2. The number of nitrogens with one attached hydrogen (secondary N) is 2. The van der Waals surface area contributed by atoms with E-state index in [0.717, 1.165) is 4.90 Å². The molecule has 12 heteroatoms. The zero-order valence-corrected chi connectivity index (χ0v) is 17.6. The highest BCUT2D eigenvalue weighted by Gasteiger charge is 2.55. The summed E-state index contributed by atoms with van der Waals surface area (Å²) in [5.74, 6) is -0.106. The third-order valence-corrected chi connectivity index (χ3v) is 6.21. The van der Waals surface area contributed by atoms with Crippen LogP contribution in [0.3, 0.4) is 0 Å². The number of rotatable bonds is 7. The fourth-order valence-corrected chi connectivity index (χ4v) is 4.64. The molecule has 0 aliphatic carbocycles. The van der Waals surface area contributed by atoms with E-state index in [2.05, 4.69) is 21.2 Å². The number of terminal acetylenes is 1. The number of aromatic amines is 1. The van der Waals surface area contributed by atoms with Crippen LogP contribution in [0.25, 0.3) is 0 Å². The minimum Gasteiger partial charge on any atom is -0.477 e. The Morgan fingerprint density at radius 2 is 2.26 bits per heavy atom. The Morgan fingerprint density at radius 3 is 2.81 bits per heavy atom. The molecule has 164 valence electrons. The molecule has 2 amide bonds. The molecule has 1 fully saturated rings. The lowest BCUT2D eigenvalue weighted by Crippen LogP contribution is -2.72. The van der Waals surface area contributed by atoms with Crippen molar-refractivity contribution >= 4 is 35.5 Å². The quantitative estimate of drug-likeness (QED) is 0.230. The summed E-state index contributed by atoms with van der Waals surface area (Å²) in [6, 6.07) is -0.984. The first kappa shape index (κ1) is 22.4. The molecule has 0 spiro atoms. The topological polar surface area (TPSA) is 168 Å². The van der Waals surface area contributed by atoms with Crippen molar-refractivity contribution in [2.75, 3.05) is 12.4 Å².